The molecule has 0 aromatic heterocycles. The Hall–Kier alpha value is -2.14. The quantitative estimate of drug-likeness (QED) is 0.773. The van der Waals surface area contributed by atoms with Crippen molar-refractivity contribution in [1.29, 1.82) is 0 Å². The number of para-hydroxylation sites is 1. The van der Waals surface area contributed by atoms with Gasteiger partial charge in [-0.3, -0.25) is 4.79 Å². The van der Waals surface area contributed by atoms with Gasteiger partial charge in [-0.2, -0.15) is 10.1 Å². The van der Waals surface area contributed by atoms with Crippen LogP contribution in [0.3, 0.4) is 0 Å². The SMILES string of the molecule is CC1=NN(c2ccccc2)C(=O)C1=CN1CCN(C)CC1. The number of amides is 1. The number of benzene rings is 1. The average molecular weight is 284 g/mol. The van der Waals surface area contributed by atoms with Gasteiger partial charge < -0.3 is 9.80 Å². The van der Waals surface area contributed by atoms with E-state index in [1.807, 2.05) is 43.5 Å². The average Bonchev–Trinajstić information content (AvgIpc) is 2.78. The number of likely N-dealkylation sites (N-methyl/N-ethyl adjacent to an activating group) is 1. The van der Waals surface area contributed by atoms with Crippen LogP contribution in [-0.4, -0.2) is 54.6 Å². The highest BCUT2D eigenvalue weighted by Crippen LogP contribution is 2.23. The molecule has 0 atom stereocenters. The number of anilines is 1. The Morgan fingerprint density at radius 2 is 1.76 bits per heavy atom. The van der Waals surface area contributed by atoms with Crippen LogP contribution in [0.4, 0.5) is 5.69 Å². The summed E-state index contributed by atoms with van der Waals surface area (Å²) in [5, 5.41) is 5.88. The lowest BCUT2D eigenvalue weighted by Gasteiger charge is -2.31. The van der Waals surface area contributed by atoms with E-state index in [9.17, 15) is 4.79 Å². The molecule has 21 heavy (non-hydrogen) atoms. The first-order valence-electron chi connectivity index (χ1n) is 7.24. The van der Waals surface area contributed by atoms with Gasteiger partial charge in [0.25, 0.3) is 5.91 Å². The Morgan fingerprint density at radius 1 is 1.10 bits per heavy atom. The fourth-order valence-electron chi connectivity index (χ4n) is 2.54. The van der Waals surface area contributed by atoms with Gasteiger partial charge in [0.05, 0.1) is 17.0 Å². The van der Waals surface area contributed by atoms with Gasteiger partial charge in [0.2, 0.25) is 0 Å². The summed E-state index contributed by atoms with van der Waals surface area (Å²) in [6.45, 7) is 5.84. The minimum absolute atomic E-state index is 0.0439. The van der Waals surface area contributed by atoms with Gasteiger partial charge >= 0.3 is 0 Å². The predicted octanol–water partition coefficient (Wildman–Crippen LogP) is 1.54. The normalized spacial score (nSPS) is 22.1. The van der Waals surface area contributed by atoms with Crippen LogP contribution in [-0.2, 0) is 4.79 Å². The van der Waals surface area contributed by atoms with Crippen molar-refractivity contribution in [2.75, 3.05) is 38.2 Å². The minimum atomic E-state index is -0.0439. The fourth-order valence-corrected chi connectivity index (χ4v) is 2.54. The lowest BCUT2D eigenvalue weighted by molar-refractivity contribution is -0.114. The molecule has 1 aromatic carbocycles. The monoisotopic (exact) mass is 284 g/mol. The molecule has 0 radical (unpaired) electrons. The number of nitrogens with zero attached hydrogens (tertiary/aromatic N) is 4. The largest absolute Gasteiger partial charge is 0.374 e. The summed E-state index contributed by atoms with van der Waals surface area (Å²) in [5.41, 5.74) is 2.29. The van der Waals surface area contributed by atoms with E-state index in [0.717, 1.165) is 37.6 Å². The molecule has 2 aliphatic heterocycles. The Balaban J connectivity index is 1.79. The molecular formula is C16H20N4O. The Morgan fingerprint density at radius 3 is 2.43 bits per heavy atom. The second-order valence-electron chi connectivity index (χ2n) is 5.52. The van der Waals surface area contributed by atoms with Crippen LogP contribution < -0.4 is 5.01 Å². The van der Waals surface area contributed by atoms with E-state index in [1.54, 1.807) is 0 Å². The molecule has 5 nitrogen and oxygen atoms in total. The fraction of sp³-hybridized carbons (Fsp3) is 0.375. The van der Waals surface area contributed by atoms with Gasteiger partial charge in [0, 0.05) is 32.4 Å². The lowest BCUT2D eigenvalue weighted by atomic mass is 10.2. The smallest absolute Gasteiger partial charge is 0.282 e. The van der Waals surface area contributed by atoms with Gasteiger partial charge in [-0.05, 0) is 26.1 Å². The molecule has 1 saturated heterocycles. The highest BCUT2D eigenvalue weighted by Gasteiger charge is 2.29. The highest BCUT2D eigenvalue weighted by molar-refractivity contribution is 6.29. The number of carbonyl (C=O) groups excluding carboxylic acids is 1. The molecule has 3 rings (SSSR count). The molecule has 0 unspecified atom stereocenters. The molecule has 1 aromatic rings. The van der Waals surface area contributed by atoms with Crippen molar-refractivity contribution in [3.05, 3.63) is 42.1 Å². The van der Waals surface area contributed by atoms with Crippen molar-refractivity contribution in [2.45, 2.75) is 6.92 Å². The first-order chi connectivity index (χ1) is 10.1. The maximum atomic E-state index is 12.6. The predicted molar refractivity (Wildman–Crippen MR) is 84.2 cm³/mol. The van der Waals surface area contributed by atoms with E-state index in [-0.39, 0.29) is 5.91 Å². The summed E-state index contributed by atoms with van der Waals surface area (Å²) in [5.74, 6) is -0.0439. The number of hydrogen-bond acceptors (Lipinski definition) is 4. The van der Waals surface area contributed by atoms with Crippen LogP contribution in [0.2, 0.25) is 0 Å². The van der Waals surface area contributed by atoms with Gasteiger partial charge in [-0.15, -0.1) is 0 Å². The molecule has 5 heteroatoms. The van der Waals surface area contributed by atoms with E-state index in [0.29, 0.717) is 5.57 Å². The third kappa shape index (κ3) is 2.83. The Bertz CT molecular complexity index is 586. The van der Waals surface area contributed by atoms with E-state index >= 15 is 0 Å². The number of piperazine rings is 1. The summed E-state index contributed by atoms with van der Waals surface area (Å²) in [7, 11) is 2.12. The molecule has 0 bridgehead atoms. The number of hydrazone groups is 1. The van der Waals surface area contributed by atoms with Gasteiger partial charge in [-0.1, -0.05) is 18.2 Å². The molecule has 0 saturated carbocycles. The van der Waals surface area contributed by atoms with Gasteiger partial charge in [-0.25, -0.2) is 0 Å². The summed E-state index contributed by atoms with van der Waals surface area (Å²) in [4.78, 5) is 17.1. The standard InChI is InChI=1S/C16H20N4O/c1-13-15(12-19-10-8-18(2)9-11-19)16(21)20(17-13)14-6-4-3-5-7-14/h3-7,12H,8-11H2,1-2H3. The van der Waals surface area contributed by atoms with Crippen molar-refractivity contribution < 1.29 is 4.79 Å². The third-order valence-corrected chi connectivity index (χ3v) is 3.91. The molecule has 0 aliphatic carbocycles. The second kappa shape index (κ2) is 5.69. The van der Waals surface area contributed by atoms with E-state index < -0.39 is 0 Å². The molecule has 1 amide bonds. The molecule has 1 fully saturated rings. The summed E-state index contributed by atoms with van der Waals surface area (Å²) >= 11 is 0. The molecule has 110 valence electrons. The second-order valence-corrected chi connectivity index (χ2v) is 5.52. The van der Waals surface area contributed by atoms with Crippen LogP contribution in [0.1, 0.15) is 6.92 Å². The van der Waals surface area contributed by atoms with E-state index in [1.165, 1.54) is 5.01 Å². The number of rotatable bonds is 2. The summed E-state index contributed by atoms with van der Waals surface area (Å²) in [6, 6.07) is 9.55. The summed E-state index contributed by atoms with van der Waals surface area (Å²) < 4.78 is 0. The van der Waals surface area contributed by atoms with Gasteiger partial charge in [0.15, 0.2) is 0 Å². The zero-order chi connectivity index (χ0) is 14.8. The van der Waals surface area contributed by atoms with Crippen molar-refractivity contribution in [3.8, 4) is 0 Å². The lowest BCUT2D eigenvalue weighted by Crippen LogP contribution is -2.42. The van der Waals surface area contributed by atoms with Crippen molar-refractivity contribution >= 4 is 17.3 Å². The number of hydrogen-bond donors (Lipinski definition) is 0. The zero-order valence-electron chi connectivity index (χ0n) is 12.5. The highest BCUT2D eigenvalue weighted by atomic mass is 16.2. The van der Waals surface area contributed by atoms with Crippen molar-refractivity contribution in [3.63, 3.8) is 0 Å². The van der Waals surface area contributed by atoms with E-state index in [2.05, 4.69) is 21.9 Å². The third-order valence-electron chi connectivity index (χ3n) is 3.91. The maximum Gasteiger partial charge on any atom is 0.282 e. The van der Waals surface area contributed by atoms with E-state index in [4.69, 9.17) is 0 Å². The van der Waals surface area contributed by atoms with Crippen molar-refractivity contribution in [1.82, 2.24) is 9.80 Å². The maximum absolute atomic E-state index is 12.6. The zero-order valence-corrected chi connectivity index (χ0v) is 12.5. The van der Waals surface area contributed by atoms with Crippen LogP contribution in [0.15, 0.2) is 47.2 Å². The Labute approximate surface area is 125 Å². The molecule has 0 N–H and O–H groups in total. The Kier molecular flexibility index (Phi) is 3.75. The van der Waals surface area contributed by atoms with Crippen LogP contribution in [0.25, 0.3) is 0 Å². The van der Waals surface area contributed by atoms with Crippen LogP contribution >= 0.6 is 0 Å². The first-order valence-corrected chi connectivity index (χ1v) is 7.24. The molecule has 2 aliphatic rings. The minimum Gasteiger partial charge on any atom is -0.374 e. The van der Waals surface area contributed by atoms with Crippen LogP contribution in [0, 0.1) is 0 Å². The molecule has 2 heterocycles. The first kappa shape index (κ1) is 13.8. The molecular weight excluding hydrogens is 264 g/mol. The number of carbonyl (C=O) groups is 1. The topological polar surface area (TPSA) is 39.2 Å². The van der Waals surface area contributed by atoms with Crippen LogP contribution in [0.5, 0.6) is 0 Å². The van der Waals surface area contributed by atoms with Gasteiger partial charge in [0.1, 0.15) is 0 Å². The molecule has 0 spiro atoms. The summed E-state index contributed by atoms with van der Waals surface area (Å²) in [6.07, 6.45) is 1.97. The van der Waals surface area contributed by atoms with Crippen molar-refractivity contribution in [2.24, 2.45) is 5.10 Å².